The van der Waals surface area contributed by atoms with Crippen LogP contribution in [0.25, 0.3) is 10.2 Å². The molecule has 1 saturated heterocycles. The highest BCUT2D eigenvalue weighted by Gasteiger charge is 2.26. The lowest BCUT2D eigenvalue weighted by molar-refractivity contribution is 0.0746. The van der Waals surface area contributed by atoms with E-state index in [9.17, 15) is 13.2 Å². The minimum absolute atomic E-state index is 0.0818. The summed E-state index contributed by atoms with van der Waals surface area (Å²) in [5.41, 5.74) is 3.76. The zero-order valence-electron chi connectivity index (χ0n) is 22.6. The van der Waals surface area contributed by atoms with Gasteiger partial charge in [0, 0.05) is 44.8 Å². The number of carbonyl (C=O) groups is 1. The van der Waals surface area contributed by atoms with E-state index in [1.54, 1.807) is 35.6 Å². The Morgan fingerprint density at radius 3 is 2.28 bits per heavy atom. The van der Waals surface area contributed by atoms with Gasteiger partial charge in [-0.2, -0.15) is 4.31 Å². The second kappa shape index (κ2) is 11.5. The first-order chi connectivity index (χ1) is 18.8. The van der Waals surface area contributed by atoms with E-state index in [2.05, 4.69) is 36.9 Å². The molecule has 1 aliphatic rings. The number of sulfonamides is 1. The van der Waals surface area contributed by atoms with E-state index in [1.807, 2.05) is 42.2 Å². The van der Waals surface area contributed by atoms with E-state index >= 15 is 0 Å². The van der Waals surface area contributed by atoms with Gasteiger partial charge in [-0.3, -0.25) is 4.79 Å². The molecule has 9 heteroatoms. The Hall–Kier alpha value is -3.27. The summed E-state index contributed by atoms with van der Waals surface area (Å²) in [6.07, 6.45) is 0. The van der Waals surface area contributed by atoms with Crippen LogP contribution in [0.2, 0.25) is 0 Å². The van der Waals surface area contributed by atoms with Crippen LogP contribution in [-0.2, 0) is 16.6 Å². The van der Waals surface area contributed by atoms with Crippen molar-refractivity contribution >= 4 is 42.6 Å². The van der Waals surface area contributed by atoms with Gasteiger partial charge in [-0.15, -0.1) is 0 Å². The number of carbonyl (C=O) groups excluding carboxylic acids is 1. The number of nitrogens with zero attached hydrogens (tertiary/aromatic N) is 4. The van der Waals surface area contributed by atoms with Gasteiger partial charge in [-0.25, -0.2) is 13.4 Å². The van der Waals surface area contributed by atoms with Crippen LogP contribution in [0.1, 0.15) is 48.2 Å². The molecule has 0 spiro atoms. The van der Waals surface area contributed by atoms with Gasteiger partial charge in [0.15, 0.2) is 5.13 Å². The molecule has 2 heterocycles. The molecule has 1 fully saturated rings. The number of para-hydroxylation sites is 1. The summed E-state index contributed by atoms with van der Waals surface area (Å²) in [4.78, 5) is 22.5. The number of hydrogen-bond acceptors (Lipinski definition) is 6. The summed E-state index contributed by atoms with van der Waals surface area (Å²) < 4.78 is 29.2. The number of anilines is 1. The van der Waals surface area contributed by atoms with Gasteiger partial charge in [-0.1, -0.05) is 74.6 Å². The fraction of sp³-hybridized carbons (Fsp3) is 0.333. The van der Waals surface area contributed by atoms with E-state index in [0.717, 1.165) is 16.2 Å². The monoisotopic (exact) mass is 562 g/mol. The van der Waals surface area contributed by atoms with Gasteiger partial charge in [0.05, 0.1) is 15.1 Å². The summed E-state index contributed by atoms with van der Waals surface area (Å²) in [7, 11) is -3.68. The fourth-order valence-electron chi connectivity index (χ4n) is 4.92. The normalized spacial score (nSPS) is 14.5. The lowest BCUT2D eigenvalue weighted by atomic mass is 10.0. The third-order valence-electron chi connectivity index (χ3n) is 7.19. The van der Waals surface area contributed by atoms with Crippen LogP contribution >= 0.6 is 11.3 Å². The zero-order chi connectivity index (χ0) is 27.6. The van der Waals surface area contributed by atoms with Gasteiger partial charge >= 0.3 is 0 Å². The number of thiazole rings is 1. The molecule has 3 aromatic carbocycles. The molecule has 0 saturated carbocycles. The molecular weight excluding hydrogens is 528 g/mol. The summed E-state index contributed by atoms with van der Waals surface area (Å²) in [5, 5.41) is 0.996. The van der Waals surface area contributed by atoms with Crippen molar-refractivity contribution in [1.29, 1.82) is 0 Å². The van der Waals surface area contributed by atoms with Crippen molar-refractivity contribution < 1.29 is 13.2 Å². The van der Waals surface area contributed by atoms with Gasteiger partial charge in [-0.05, 0) is 47.4 Å². The van der Waals surface area contributed by atoms with Crippen LogP contribution in [0.4, 0.5) is 5.13 Å². The van der Waals surface area contributed by atoms with Crippen molar-refractivity contribution in [2.45, 2.75) is 38.1 Å². The number of rotatable bonds is 8. The average molecular weight is 563 g/mol. The fourth-order valence-corrected chi connectivity index (χ4v) is 7.40. The van der Waals surface area contributed by atoms with Crippen molar-refractivity contribution in [1.82, 2.24) is 14.2 Å². The van der Waals surface area contributed by atoms with E-state index in [-0.39, 0.29) is 10.8 Å². The standard InChI is InChI=1S/C30H34N4O3S2/c1-4-34(21-23-9-6-5-7-10-23)39(36,37)25-15-13-24(14-16-25)29(35)32-17-19-33(20-18-32)30-31-28-26(22(2)3)11-8-12-27(28)38-30/h5-16,22H,4,17-21H2,1-3H3. The SMILES string of the molecule is CCN(Cc1ccccc1)S(=O)(=O)c1ccc(C(=O)N2CCN(c3nc4c(C(C)C)cccc4s3)CC2)cc1. The van der Waals surface area contributed by atoms with E-state index in [4.69, 9.17) is 4.98 Å². The highest BCUT2D eigenvalue weighted by molar-refractivity contribution is 7.89. The lowest BCUT2D eigenvalue weighted by Gasteiger charge is -2.34. The Labute approximate surface area is 234 Å². The summed E-state index contributed by atoms with van der Waals surface area (Å²) in [5.74, 6) is 0.329. The van der Waals surface area contributed by atoms with Crippen LogP contribution in [0.3, 0.4) is 0 Å². The molecule has 7 nitrogen and oxygen atoms in total. The number of amides is 1. The topological polar surface area (TPSA) is 73.8 Å². The van der Waals surface area contributed by atoms with Crippen LogP contribution in [0, 0.1) is 0 Å². The van der Waals surface area contributed by atoms with Crippen molar-refractivity contribution in [3.8, 4) is 0 Å². The molecule has 204 valence electrons. The molecule has 1 aromatic heterocycles. The molecule has 0 radical (unpaired) electrons. The number of benzene rings is 3. The number of fused-ring (bicyclic) bond motifs is 1. The highest BCUT2D eigenvalue weighted by Crippen LogP contribution is 2.34. The Morgan fingerprint density at radius 1 is 0.949 bits per heavy atom. The second-order valence-electron chi connectivity index (χ2n) is 10.1. The quantitative estimate of drug-likeness (QED) is 0.280. The first kappa shape index (κ1) is 27.3. The Kier molecular flexibility index (Phi) is 8.02. The summed E-state index contributed by atoms with van der Waals surface area (Å²) in [6.45, 7) is 9.46. The van der Waals surface area contributed by atoms with Crippen molar-refractivity contribution in [2.75, 3.05) is 37.6 Å². The molecule has 0 bridgehead atoms. The number of piperazine rings is 1. The maximum Gasteiger partial charge on any atom is 0.253 e. The smallest absolute Gasteiger partial charge is 0.253 e. The molecule has 0 aliphatic carbocycles. The molecule has 4 aromatic rings. The molecule has 0 N–H and O–H groups in total. The van der Waals surface area contributed by atoms with Crippen LogP contribution in [-0.4, -0.2) is 61.2 Å². The molecule has 0 atom stereocenters. The third-order valence-corrected chi connectivity index (χ3v) is 10.2. The molecule has 1 aliphatic heterocycles. The summed E-state index contributed by atoms with van der Waals surface area (Å²) >= 11 is 1.70. The predicted octanol–water partition coefficient (Wildman–Crippen LogP) is 5.59. The lowest BCUT2D eigenvalue weighted by Crippen LogP contribution is -2.48. The van der Waals surface area contributed by atoms with Gasteiger partial charge in [0.2, 0.25) is 10.0 Å². The van der Waals surface area contributed by atoms with Gasteiger partial charge < -0.3 is 9.80 Å². The van der Waals surface area contributed by atoms with Crippen LogP contribution in [0.15, 0.2) is 77.7 Å². The molecule has 0 unspecified atom stereocenters. The molecular formula is C30H34N4O3S2. The number of aromatic nitrogens is 1. The van der Waals surface area contributed by atoms with E-state index in [1.165, 1.54) is 14.6 Å². The van der Waals surface area contributed by atoms with Crippen molar-refractivity contribution in [2.24, 2.45) is 0 Å². The van der Waals surface area contributed by atoms with Crippen LogP contribution in [0.5, 0.6) is 0 Å². The first-order valence-electron chi connectivity index (χ1n) is 13.4. The number of hydrogen-bond donors (Lipinski definition) is 0. The predicted molar refractivity (Wildman–Crippen MR) is 158 cm³/mol. The van der Waals surface area contributed by atoms with E-state index in [0.29, 0.717) is 50.7 Å². The van der Waals surface area contributed by atoms with Crippen molar-refractivity contribution in [3.63, 3.8) is 0 Å². The van der Waals surface area contributed by atoms with Crippen LogP contribution < -0.4 is 4.90 Å². The minimum Gasteiger partial charge on any atom is -0.345 e. The second-order valence-corrected chi connectivity index (χ2v) is 13.0. The molecule has 39 heavy (non-hydrogen) atoms. The van der Waals surface area contributed by atoms with E-state index < -0.39 is 10.0 Å². The third kappa shape index (κ3) is 5.71. The Bertz CT molecular complexity index is 1540. The first-order valence-corrected chi connectivity index (χ1v) is 15.6. The highest BCUT2D eigenvalue weighted by atomic mass is 32.2. The Morgan fingerprint density at radius 2 is 1.64 bits per heavy atom. The largest absolute Gasteiger partial charge is 0.345 e. The summed E-state index contributed by atoms with van der Waals surface area (Å²) in [6, 6.07) is 22.2. The Balaban J connectivity index is 1.24. The zero-order valence-corrected chi connectivity index (χ0v) is 24.2. The van der Waals surface area contributed by atoms with Crippen molar-refractivity contribution in [3.05, 3.63) is 89.5 Å². The molecule has 5 rings (SSSR count). The van der Waals surface area contributed by atoms with Gasteiger partial charge in [0.25, 0.3) is 5.91 Å². The average Bonchev–Trinajstić information content (AvgIpc) is 3.40. The maximum absolute atomic E-state index is 13.3. The maximum atomic E-state index is 13.3. The molecule has 1 amide bonds. The minimum atomic E-state index is -3.68. The van der Waals surface area contributed by atoms with Gasteiger partial charge in [0.1, 0.15) is 0 Å².